The van der Waals surface area contributed by atoms with Crippen LogP contribution in [0.15, 0.2) is 18.2 Å². The van der Waals surface area contributed by atoms with E-state index in [2.05, 4.69) is 0 Å². The number of hydrogen-bond donors (Lipinski definition) is 0. The molecule has 1 aromatic carbocycles. The molecule has 2 rings (SSSR count). The second-order valence-corrected chi connectivity index (χ2v) is 4.80. The molecule has 1 aliphatic rings. The van der Waals surface area contributed by atoms with E-state index < -0.39 is 17.6 Å². The molecule has 1 aromatic rings. The van der Waals surface area contributed by atoms with Gasteiger partial charge in [0.25, 0.3) is 0 Å². The van der Waals surface area contributed by atoms with E-state index in [0.717, 1.165) is 37.8 Å². The zero-order chi connectivity index (χ0) is 13.2. The van der Waals surface area contributed by atoms with Gasteiger partial charge in [0.2, 0.25) is 0 Å². The summed E-state index contributed by atoms with van der Waals surface area (Å²) in [6, 6.07) is 3.24. The second-order valence-electron chi connectivity index (χ2n) is 4.80. The number of benzene rings is 1. The molecule has 0 N–H and O–H groups in total. The van der Waals surface area contributed by atoms with Crippen LogP contribution < -0.4 is 0 Å². The summed E-state index contributed by atoms with van der Waals surface area (Å²) in [6.45, 7) is 0. The van der Waals surface area contributed by atoms with Gasteiger partial charge in [0.1, 0.15) is 5.82 Å². The summed E-state index contributed by atoms with van der Waals surface area (Å²) in [5.41, 5.74) is -0.544. The highest BCUT2D eigenvalue weighted by Crippen LogP contribution is 2.33. The average Bonchev–Trinajstić information content (AvgIpc) is 2.28. The maximum Gasteiger partial charge on any atom is 0.419 e. The van der Waals surface area contributed by atoms with Gasteiger partial charge in [-0.3, -0.25) is 0 Å². The van der Waals surface area contributed by atoms with Gasteiger partial charge in [-0.05, 0) is 42.9 Å². The van der Waals surface area contributed by atoms with Crippen LogP contribution in [0.25, 0.3) is 0 Å². The largest absolute Gasteiger partial charge is 0.419 e. The SMILES string of the molecule is Fc1cc(C[C]2CCCCC2)ccc1C(F)(F)F. The van der Waals surface area contributed by atoms with Crippen LogP contribution in [-0.4, -0.2) is 0 Å². The molecule has 0 aliphatic heterocycles. The van der Waals surface area contributed by atoms with Crippen LogP contribution in [0.4, 0.5) is 17.6 Å². The molecule has 4 heteroatoms. The lowest BCUT2D eigenvalue weighted by molar-refractivity contribution is -0.140. The van der Waals surface area contributed by atoms with E-state index in [-0.39, 0.29) is 0 Å². The van der Waals surface area contributed by atoms with Gasteiger partial charge in [-0.25, -0.2) is 4.39 Å². The van der Waals surface area contributed by atoms with Crippen LogP contribution in [0.5, 0.6) is 0 Å². The molecular weight excluding hydrogens is 244 g/mol. The monoisotopic (exact) mass is 259 g/mol. The van der Waals surface area contributed by atoms with E-state index in [1.807, 2.05) is 0 Å². The minimum absolute atomic E-state index is 0.606. The van der Waals surface area contributed by atoms with Crippen molar-refractivity contribution in [2.24, 2.45) is 0 Å². The van der Waals surface area contributed by atoms with Gasteiger partial charge in [-0.2, -0.15) is 13.2 Å². The van der Waals surface area contributed by atoms with Gasteiger partial charge in [0, 0.05) is 0 Å². The summed E-state index contributed by atoms with van der Waals surface area (Å²) in [4.78, 5) is 0. The Morgan fingerprint density at radius 2 is 1.67 bits per heavy atom. The molecule has 0 amide bonds. The third kappa shape index (κ3) is 3.24. The predicted octanol–water partition coefficient (Wildman–Crippen LogP) is 4.93. The fourth-order valence-electron chi connectivity index (χ4n) is 2.42. The van der Waals surface area contributed by atoms with Crippen molar-refractivity contribution in [3.63, 3.8) is 0 Å². The van der Waals surface area contributed by atoms with Gasteiger partial charge in [-0.1, -0.05) is 25.3 Å². The fourth-order valence-corrected chi connectivity index (χ4v) is 2.42. The summed E-state index contributed by atoms with van der Waals surface area (Å²) in [6.07, 6.45) is 1.52. The Balaban J connectivity index is 2.08. The van der Waals surface area contributed by atoms with Crippen molar-refractivity contribution in [2.45, 2.75) is 44.7 Å². The van der Waals surface area contributed by atoms with Crippen molar-refractivity contribution in [1.29, 1.82) is 0 Å². The van der Waals surface area contributed by atoms with Gasteiger partial charge < -0.3 is 0 Å². The lowest BCUT2D eigenvalue weighted by atomic mass is 9.85. The molecule has 1 fully saturated rings. The van der Waals surface area contributed by atoms with Gasteiger partial charge in [-0.15, -0.1) is 0 Å². The van der Waals surface area contributed by atoms with Crippen molar-refractivity contribution in [1.82, 2.24) is 0 Å². The Bertz CT molecular complexity index is 403. The standard InChI is InChI=1S/C14H15F4/c15-13-9-11(6-7-12(13)14(16,17)18)8-10-4-2-1-3-5-10/h6-7,9H,1-5,8H2. The molecule has 1 aliphatic carbocycles. The van der Waals surface area contributed by atoms with Crippen molar-refractivity contribution < 1.29 is 17.6 Å². The third-order valence-corrected chi connectivity index (χ3v) is 3.35. The van der Waals surface area contributed by atoms with Crippen LogP contribution in [0.2, 0.25) is 0 Å². The quantitative estimate of drug-likeness (QED) is 0.661. The van der Waals surface area contributed by atoms with Crippen LogP contribution in [-0.2, 0) is 12.6 Å². The first-order chi connectivity index (χ1) is 8.47. The van der Waals surface area contributed by atoms with Gasteiger partial charge >= 0.3 is 6.18 Å². The van der Waals surface area contributed by atoms with Crippen LogP contribution in [0.3, 0.4) is 0 Å². The Morgan fingerprint density at radius 1 is 1.00 bits per heavy atom. The molecule has 0 aromatic heterocycles. The molecule has 0 saturated heterocycles. The first-order valence-electron chi connectivity index (χ1n) is 6.16. The van der Waals surface area contributed by atoms with Gasteiger partial charge in [0.15, 0.2) is 0 Å². The summed E-state index contributed by atoms with van der Waals surface area (Å²) in [7, 11) is 0. The Labute approximate surface area is 104 Å². The highest BCUT2D eigenvalue weighted by molar-refractivity contribution is 5.28. The third-order valence-electron chi connectivity index (χ3n) is 3.35. The molecule has 0 spiro atoms. The van der Waals surface area contributed by atoms with Gasteiger partial charge in [0.05, 0.1) is 5.56 Å². The minimum atomic E-state index is -4.61. The number of alkyl halides is 3. The molecule has 0 nitrogen and oxygen atoms in total. The van der Waals surface area contributed by atoms with E-state index >= 15 is 0 Å². The molecule has 0 atom stereocenters. The van der Waals surface area contributed by atoms with Crippen LogP contribution >= 0.6 is 0 Å². The maximum absolute atomic E-state index is 13.4. The Morgan fingerprint density at radius 3 is 2.22 bits per heavy atom. The highest BCUT2D eigenvalue weighted by atomic mass is 19.4. The zero-order valence-corrected chi connectivity index (χ0v) is 9.99. The lowest BCUT2D eigenvalue weighted by Gasteiger charge is -2.21. The van der Waals surface area contributed by atoms with E-state index in [9.17, 15) is 17.6 Å². The molecule has 0 bridgehead atoms. The topological polar surface area (TPSA) is 0 Å². The average molecular weight is 259 g/mol. The number of rotatable bonds is 2. The first kappa shape index (κ1) is 13.4. The Hall–Kier alpha value is -1.06. The summed E-state index contributed by atoms with van der Waals surface area (Å²) in [5.74, 6) is 0.150. The van der Waals surface area contributed by atoms with Crippen molar-refractivity contribution in [2.75, 3.05) is 0 Å². The number of halogens is 4. The molecule has 99 valence electrons. The first-order valence-corrected chi connectivity index (χ1v) is 6.16. The molecular formula is C14H15F4. The van der Waals surface area contributed by atoms with E-state index in [1.165, 1.54) is 18.4 Å². The Kier molecular flexibility index (Phi) is 3.93. The maximum atomic E-state index is 13.4. The van der Waals surface area contributed by atoms with E-state index in [4.69, 9.17) is 0 Å². The zero-order valence-electron chi connectivity index (χ0n) is 9.99. The van der Waals surface area contributed by atoms with E-state index in [0.29, 0.717) is 12.0 Å². The van der Waals surface area contributed by atoms with Crippen molar-refractivity contribution in [3.8, 4) is 0 Å². The smallest absolute Gasteiger partial charge is 0.206 e. The molecule has 0 unspecified atom stereocenters. The summed E-state index contributed by atoms with van der Waals surface area (Å²) < 4.78 is 50.6. The van der Waals surface area contributed by atoms with Crippen molar-refractivity contribution in [3.05, 3.63) is 41.1 Å². The predicted molar refractivity (Wildman–Crippen MR) is 61.4 cm³/mol. The lowest BCUT2D eigenvalue weighted by Crippen LogP contribution is -2.10. The second kappa shape index (κ2) is 5.29. The molecule has 0 heterocycles. The minimum Gasteiger partial charge on any atom is -0.206 e. The molecule has 1 radical (unpaired) electrons. The van der Waals surface area contributed by atoms with Crippen molar-refractivity contribution >= 4 is 0 Å². The summed E-state index contributed by atoms with van der Waals surface area (Å²) in [5, 5.41) is 0. The van der Waals surface area contributed by atoms with E-state index in [1.54, 1.807) is 0 Å². The molecule has 18 heavy (non-hydrogen) atoms. The normalized spacial score (nSPS) is 18.0. The number of hydrogen-bond acceptors (Lipinski definition) is 0. The van der Waals surface area contributed by atoms with Crippen LogP contribution in [0, 0.1) is 11.7 Å². The van der Waals surface area contributed by atoms with Crippen LogP contribution in [0.1, 0.15) is 43.2 Å². The fraction of sp³-hybridized carbons (Fsp3) is 0.500. The highest BCUT2D eigenvalue weighted by Gasteiger charge is 2.33. The summed E-state index contributed by atoms with van der Waals surface area (Å²) >= 11 is 0. The molecule has 1 saturated carbocycles.